The highest BCUT2D eigenvalue weighted by molar-refractivity contribution is 6.33. The fourth-order valence-corrected chi connectivity index (χ4v) is 2.08. The van der Waals surface area contributed by atoms with E-state index < -0.39 is 10.8 Å². The topological polar surface area (TPSA) is 37.3 Å². The van der Waals surface area contributed by atoms with Gasteiger partial charge in [-0.2, -0.15) is 0 Å². The first-order valence-electron chi connectivity index (χ1n) is 4.78. The third kappa shape index (κ3) is 2.60. The molecule has 0 spiro atoms. The molecular formula is C10H17ClO2. The van der Waals surface area contributed by atoms with Gasteiger partial charge in [0, 0.05) is 0 Å². The maximum Gasteiger partial charge on any atom is 0.324 e. The lowest BCUT2D eigenvalue weighted by Crippen LogP contribution is -2.31. The fraction of sp³-hybridized carbons (Fsp3) is 0.900. The SMILES string of the molecule is CC1(C)CCCC(Cl)(C(=O)O)CC1. The molecule has 13 heavy (non-hydrogen) atoms. The normalized spacial score (nSPS) is 33.8. The Morgan fingerprint density at radius 1 is 1.23 bits per heavy atom. The van der Waals surface area contributed by atoms with Crippen LogP contribution in [0.3, 0.4) is 0 Å². The van der Waals surface area contributed by atoms with Gasteiger partial charge in [0.25, 0.3) is 0 Å². The van der Waals surface area contributed by atoms with E-state index in [0.29, 0.717) is 12.8 Å². The van der Waals surface area contributed by atoms with Crippen molar-refractivity contribution in [2.24, 2.45) is 5.41 Å². The zero-order chi connectivity index (χ0) is 10.1. The molecule has 0 aromatic heterocycles. The molecule has 0 saturated heterocycles. The number of halogens is 1. The van der Waals surface area contributed by atoms with Crippen LogP contribution in [0.25, 0.3) is 0 Å². The first kappa shape index (κ1) is 10.8. The van der Waals surface area contributed by atoms with E-state index in [-0.39, 0.29) is 5.41 Å². The van der Waals surface area contributed by atoms with Gasteiger partial charge >= 0.3 is 5.97 Å². The van der Waals surface area contributed by atoms with Gasteiger partial charge < -0.3 is 5.11 Å². The summed E-state index contributed by atoms with van der Waals surface area (Å²) < 4.78 is 0. The summed E-state index contributed by atoms with van der Waals surface area (Å²) in [7, 11) is 0. The van der Waals surface area contributed by atoms with Crippen LogP contribution in [0, 0.1) is 5.41 Å². The Morgan fingerprint density at radius 3 is 2.38 bits per heavy atom. The molecule has 1 fully saturated rings. The summed E-state index contributed by atoms with van der Waals surface area (Å²) in [5.74, 6) is -0.855. The van der Waals surface area contributed by atoms with E-state index in [1.165, 1.54) is 0 Å². The predicted octanol–water partition coefficient (Wildman–Crippen LogP) is 3.04. The van der Waals surface area contributed by atoms with Crippen LogP contribution in [0.15, 0.2) is 0 Å². The highest BCUT2D eigenvalue weighted by Crippen LogP contribution is 2.41. The highest BCUT2D eigenvalue weighted by atomic mass is 35.5. The third-order valence-corrected chi connectivity index (χ3v) is 3.55. The van der Waals surface area contributed by atoms with Gasteiger partial charge in [0.2, 0.25) is 0 Å². The second-order valence-corrected chi connectivity index (χ2v) is 5.51. The van der Waals surface area contributed by atoms with Crippen molar-refractivity contribution in [2.75, 3.05) is 0 Å². The van der Waals surface area contributed by atoms with Crippen molar-refractivity contribution in [3.63, 3.8) is 0 Å². The summed E-state index contributed by atoms with van der Waals surface area (Å²) in [4.78, 5) is 9.92. The standard InChI is InChI=1S/C10H17ClO2/c1-9(2)4-3-5-10(11,7-6-9)8(12)13/h3-7H2,1-2H3,(H,12,13). The van der Waals surface area contributed by atoms with Crippen LogP contribution in [-0.2, 0) is 4.79 Å². The molecule has 1 saturated carbocycles. The second kappa shape index (κ2) is 3.49. The molecule has 0 aliphatic heterocycles. The van der Waals surface area contributed by atoms with E-state index in [9.17, 15) is 4.79 Å². The Labute approximate surface area is 84.3 Å². The highest BCUT2D eigenvalue weighted by Gasteiger charge is 2.39. The van der Waals surface area contributed by atoms with Crippen LogP contribution in [0.5, 0.6) is 0 Å². The van der Waals surface area contributed by atoms with Crippen molar-refractivity contribution in [3.05, 3.63) is 0 Å². The molecule has 1 atom stereocenters. The Hall–Kier alpha value is -0.240. The molecule has 76 valence electrons. The molecule has 0 amide bonds. The molecule has 3 heteroatoms. The molecule has 0 aromatic rings. The largest absolute Gasteiger partial charge is 0.480 e. The summed E-state index contributed by atoms with van der Waals surface area (Å²) in [6.45, 7) is 4.36. The number of hydrogen-bond donors (Lipinski definition) is 1. The zero-order valence-electron chi connectivity index (χ0n) is 8.27. The Kier molecular flexibility index (Phi) is 2.91. The summed E-state index contributed by atoms with van der Waals surface area (Å²) in [6.07, 6.45) is 4.10. The van der Waals surface area contributed by atoms with Crippen LogP contribution in [0.4, 0.5) is 0 Å². The lowest BCUT2D eigenvalue weighted by atomic mass is 9.85. The third-order valence-electron chi connectivity index (χ3n) is 3.01. The first-order chi connectivity index (χ1) is 5.86. The number of rotatable bonds is 1. The minimum atomic E-state index is -0.992. The maximum absolute atomic E-state index is 10.9. The van der Waals surface area contributed by atoms with E-state index in [1.807, 2.05) is 0 Å². The smallest absolute Gasteiger partial charge is 0.324 e. The van der Waals surface area contributed by atoms with Crippen molar-refractivity contribution in [2.45, 2.75) is 50.8 Å². The van der Waals surface area contributed by atoms with Crippen LogP contribution < -0.4 is 0 Å². The van der Waals surface area contributed by atoms with Gasteiger partial charge in [-0.3, -0.25) is 4.79 Å². The lowest BCUT2D eigenvalue weighted by Gasteiger charge is -2.23. The van der Waals surface area contributed by atoms with Crippen LogP contribution in [0.1, 0.15) is 46.0 Å². The molecule has 1 N–H and O–H groups in total. The quantitative estimate of drug-likeness (QED) is 0.527. The monoisotopic (exact) mass is 204 g/mol. The molecule has 1 aliphatic carbocycles. The van der Waals surface area contributed by atoms with Crippen molar-refractivity contribution in [3.8, 4) is 0 Å². The second-order valence-electron chi connectivity index (χ2n) is 4.79. The number of aliphatic carboxylic acids is 1. The average Bonchev–Trinajstić information content (AvgIpc) is 2.12. The van der Waals surface area contributed by atoms with E-state index >= 15 is 0 Å². The molecule has 1 unspecified atom stereocenters. The van der Waals surface area contributed by atoms with Gasteiger partial charge in [-0.15, -0.1) is 11.6 Å². The molecule has 0 radical (unpaired) electrons. The number of hydrogen-bond acceptors (Lipinski definition) is 1. The van der Waals surface area contributed by atoms with E-state index in [0.717, 1.165) is 19.3 Å². The predicted molar refractivity (Wildman–Crippen MR) is 53.1 cm³/mol. The van der Waals surface area contributed by atoms with Gasteiger partial charge in [-0.1, -0.05) is 20.3 Å². The fourth-order valence-electron chi connectivity index (χ4n) is 1.85. The van der Waals surface area contributed by atoms with Gasteiger partial charge in [-0.05, 0) is 31.1 Å². The number of carboxylic acids is 1. The lowest BCUT2D eigenvalue weighted by molar-refractivity contribution is -0.140. The summed E-state index contributed by atoms with van der Waals surface area (Å²) in [5.41, 5.74) is 0.256. The number of carbonyl (C=O) groups is 1. The molecule has 1 rings (SSSR count). The van der Waals surface area contributed by atoms with Crippen molar-refractivity contribution in [1.29, 1.82) is 0 Å². The first-order valence-corrected chi connectivity index (χ1v) is 5.16. The van der Waals surface area contributed by atoms with E-state index in [2.05, 4.69) is 13.8 Å². The van der Waals surface area contributed by atoms with Crippen molar-refractivity contribution in [1.82, 2.24) is 0 Å². The maximum atomic E-state index is 10.9. The minimum Gasteiger partial charge on any atom is -0.480 e. The van der Waals surface area contributed by atoms with Crippen LogP contribution in [-0.4, -0.2) is 16.0 Å². The van der Waals surface area contributed by atoms with E-state index in [1.54, 1.807) is 0 Å². The molecule has 2 nitrogen and oxygen atoms in total. The van der Waals surface area contributed by atoms with Crippen LogP contribution >= 0.6 is 11.6 Å². The minimum absolute atomic E-state index is 0.256. The molecule has 0 aromatic carbocycles. The number of alkyl halides is 1. The van der Waals surface area contributed by atoms with E-state index in [4.69, 9.17) is 16.7 Å². The van der Waals surface area contributed by atoms with Gasteiger partial charge in [-0.25, -0.2) is 0 Å². The Bertz CT molecular complexity index is 213. The summed E-state index contributed by atoms with van der Waals surface area (Å²) in [6, 6.07) is 0. The van der Waals surface area contributed by atoms with Gasteiger partial charge in [0.1, 0.15) is 4.87 Å². The van der Waals surface area contributed by atoms with Crippen molar-refractivity contribution >= 4 is 17.6 Å². The number of carboxylic acid groups (broad SMARTS) is 1. The molecule has 0 bridgehead atoms. The Morgan fingerprint density at radius 2 is 1.85 bits per heavy atom. The molecule has 0 heterocycles. The van der Waals surface area contributed by atoms with Gasteiger partial charge in [0.15, 0.2) is 0 Å². The summed E-state index contributed by atoms with van der Waals surface area (Å²) >= 11 is 6.04. The van der Waals surface area contributed by atoms with Gasteiger partial charge in [0.05, 0.1) is 0 Å². The summed E-state index contributed by atoms with van der Waals surface area (Å²) in [5, 5.41) is 8.96. The Balaban J connectivity index is 2.69. The van der Waals surface area contributed by atoms with Crippen LogP contribution in [0.2, 0.25) is 0 Å². The zero-order valence-corrected chi connectivity index (χ0v) is 9.02. The molecule has 1 aliphatic rings. The van der Waals surface area contributed by atoms with Crippen molar-refractivity contribution < 1.29 is 9.90 Å². The average molecular weight is 205 g/mol. The molecular weight excluding hydrogens is 188 g/mol.